The number of imide groups is 2. The molecule has 1 saturated carbocycles. The number of fused-ring (bicyclic) bond motifs is 1. The lowest BCUT2D eigenvalue weighted by atomic mass is 9.55. The van der Waals surface area contributed by atoms with Crippen LogP contribution in [0.1, 0.15) is 59.8 Å². The van der Waals surface area contributed by atoms with Gasteiger partial charge < -0.3 is 0 Å². The molecule has 0 N–H and O–H groups in total. The Balaban J connectivity index is 1.16. The van der Waals surface area contributed by atoms with Crippen LogP contribution in [-0.4, -0.2) is 23.6 Å². The van der Waals surface area contributed by atoms with Gasteiger partial charge in [0.1, 0.15) is 0 Å². The second-order valence-electron chi connectivity index (χ2n) is 11.3. The maximum absolute atomic E-state index is 14.0. The molecule has 3 aromatic carbocycles. The van der Waals surface area contributed by atoms with Crippen molar-refractivity contribution in [2.24, 2.45) is 23.7 Å². The van der Waals surface area contributed by atoms with Gasteiger partial charge in [0, 0.05) is 11.8 Å². The molecule has 2 heterocycles. The Labute approximate surface area is 220 Å². The minimum atomic E-state index is -0.443. The first-order chi connectivity index (χ1) is 18.6. The largest absolute Gasteiger partial charge is 0.274 e. The Morgan fingerprint density at radius 1 is 0.474 bits per heavy atom. The molecule has 6 aliphatic rings. The number of anilines is 2. The molecule has 3 fully saturated rings. The smallest absolute Gasteiger partial charge is 0.238 e. The fourth-order valence-corrected chi connectivity index (χ4v) is 8.10. The highest BCUT2D eigenvalue weighted by Crippen LogP contribution is 2.61. The quantitative estimate of drug-likeness (QED) is 0.474. The third-order valence-electron chi connectivity index (χ3n) is 9.66. The third-order valence-corrected chi connectivity index (χ3v) is 9.66. The van der Waals surface area contributed by atoms with E-state index < -0.39 is 11.8 Å². The normalized spacial score (nSPS) is 30.8. The average molecular weight is 503 g/mol. The van der Waals surface area contributed by atoms with Gasteiger partial charge in [-0.15, -0.1) is 0 Å². The molecule has 4 aliphatic carbocycles. The van der Waals surface area contributed by atoms with Crippen LogP contribution >= 0.6 is 0 Å². The minimum absolute atomic E-state index is 0.126. The van der Waals surface area contributed by atoms with Crippen LogP contribution in [-0.2, 0) is 19.2 Å². The number of rotatable bonds is 2. The highest BCUT2D eigenvalue weighted by Gasteiger charge is 2.61. The molecule has 2 aliphatic heterocycles. The van der Waals surface area contributed by atoms with E-state index in [1.54, 1.807) is 24.3 Å². The van der Waals surface area contributed by atoms with E-state index in [9.17, 15) is 19.2 Å². The van der Waals surface area contributed by atoms with E-state index in [1.165, 1.54) is 9.80 Å². The molecule has 188 valence electrons. The zero-order valence-electron chi connectivity index (χ0n) is 20.7. The van der Waals surface area contributed by atoms with E-state index in [-0.39, 0.29) is 47.3 Å². The van der Waals surface area contributed by atoms with Gasteiger partial charge in [-0.05, 0) is 59.4 Å². The average Bonchev–Trinajstić information content (AvgIpc) is 3.38. The van der Waals surface area contributed by atoms with Crippen LogP contribution in [0.25, 0.3) is 0 Å². The highest BCUT2D eigenvalue weighted by molar-refractivity contribution is 6.24. The molecule has 9 rings (SSSR count). The topological polar surface area (TPSA) is 74.8 Å². The summed E-state index contributed by atoms with van der Waals surface area (Å²) in [5.41, 5.74) is 5.56. The monoisotopic (exact) mass is 502 g/mol. The number of hydrogen-bond acceptors (Lipinski definition) is 4. The maximum Gasteiger partial charge on any atom is 0.238 e. The lowest BCUT2D eigenvalue weighted by Gasteiger charge is -2.45. The molecule has 4 amide bonds. The molecule has 6 nitrogen and oxygen atoms in total. The molecule has 0 spiro atoms. The zero-order valence-corrected chi connectivity index (χ0v) is 20.7. The minimum Gasteiger partial charge on any atom is -0.274 e. The molecule has 2 bridgehead atoms. The van der Waals surface area contributed by atoms with Crippen molar-refractivity contribution < 1.29 is 19.2 Å². The van der Waals surface area contributed by atoms with Crippen molar-refractivity contribution in [2.45, 2.75) is 37.5 Å². The summed E-state index contributed by atoms with van der Waals surface area (Å²) in [4.78, 5) is 56.7. The molecule has 2 saturated heterocycles. The lowest BCUT2D eigenvalue weighted by Crippen LogP contribution is -2.41. The summed E-state index contributed by atoms with van der Waals surface area (Å²) < 4.78 is 0. The molecule has 0 unspecified atom stereocenters. The zero-order chi connectivity index (χ0) is 25.7. The predicted molar refractivity (Wildman–Crippen MR) is 140 cm³/mol. The van der Waals surface area contributed by atoms with Crippen molar-refractivity contribution in [3.05, 3.63) is 95.1 Å². The van der Waals surface area contributed by atoms with E-state index >= 15 is 0 Å². The second-order valence-corrected chi connectivity index (χ2v) is 11.3. The summed E-state index contributed by atoms with van der Waals surface area (Å²) in [6.45, 7) is 0. The Hall–Kier alpha value is -4.06. The number of nitrogens with zero attached hydrogens (tertiary/aromatic N) is 2. The van der Waals surface area contributed by atoms with Crippen LogP contribution in [0.2, 0.25) is 0 Å². The number of hydrogen-bond donors (Lipinski definition) is 0. The van der Waals surface area contributed by atoms with Crippen LogP contribution in [0.5, 0.6) is 0 Å². The first-order valence-corrected chi connectivity index (χ1v) is 13.6. The third kappa shape index (κ3) is 2.67. The summed E-state index contributed by atoms with van der Waals surface area (Å²) in [6, 6.07) is 23.2. The van der Waals surface area contributed by atoms with E-state index in [1.807, 2.05) is 24.3 Å². The van der Waals surface area contributed by atoms with Gasteiger partial charge in [-0.25, -0.2) is 4.90 Å². The van der Waals surface area contributed by atoms with Crippen molar-refractivity contribution in [3.8, 4) is 0 Å². The van der Waals surface area contributed by atoms with Gasteiger partial charge in [-0.1, -0.05) is 61.4 Å². The van der Waals surface area contributed by atoms with Crippen LogP contribution in [0.15, 0.2) is 72.8 Å². The summed E-state index contributed by atoms with van der Waals surface area (Å²) in [6.07, 6.45) is 3.47. The van der Waals surface area contributed by atoms with Crippen LogP contribution in [0.4, 0.5) is 11.4 Å². The molecular weight excluding hydrogens is 476 g/mol. The number of amides is 4. The maximum atomic E-state index is 14.0. The standard InChI is InChI=1S/C32H26N2O4/c35-29-23-11-5-6-12-24(23)30(36)33(29)17-13-15-18(16-14-17)34-31(37)27-25-19-7-1-2-8-20(19)26(28(27)32(34)38)22-10-4-3-9-21(22)25/h1-4,7-10,13-16,23-28H,5-6,11-12H2/t23-,24+,25?,26?,27-,28-/m0/s1. The van der Waals surface area contributed by atoms with Gasteiger partial charge in [0.05, 0.1) is 35.0 Å². The Morgan fingerprint density at radius 3 is 1.18 bits per heavy atom. The van der Waals surface area contributed by atoms with Crippen molar-refractivity contribution in [3.63, 3.8) is 0 Å². The predicted octanol–water partition coefficient (Wildman–Crippen LogP) is 4.76. The first kappa shape index (κ1) is 22.0. The highest BCUT2D eigenvalue weighted by atomic mass is 16.2. The second kappa shape index (κ2) is 7.73. The molecule has 0 radical (unpaired) electrons. The summed E-state index contributed by atoms with van der Waals surface area (Å²) in [5, 5.41) is 0. The van der Waals surface area contributed by atoms with E-state index in [4.69, 9.17) is 0 Å². The Bertz CT molecular complexity index is 1420. The van der Waals surface area contributed by atoms with Crippen molar-refractivity contribution >= 4 is 35.0 Å². The van der Waals surface area contributed by atoms with Crippen LogP contribution in [0, 0.1) is 23.7 Å². The number of carbonyl (C=O) groups excluding carboxylic acids is 4. The van der Waals surface area contributed by atoms with Crippen LogP contribution < -0.4 is 9.80 Å². The van der Waals surface area contributed by atoms with Crippen molar-refractivity contribution in [2.75, 3.05) is 9.80 Å². The van der Waals surface area contributed by atoms with Crippen molar-refractivity contribution in [1.82, 2.24) is 0 Å². The number of carbonyl (C=O) groups is 4. The first-order valence-electron chi connectivity index (χ1n) is 13.6. The molecular formula is C32H26N2O4. The van der Waals surface area contributed by atoms with Crippen molar-refractivity contribution in [1.29, 1.82) is 0 Å². The fraction of sp³-hybridized carbons (Fsp3) is 0.312. The molecule has 3 aromatic rings. The lowest BCUT2D eigenvalue weighted by molar-refractivity contribution is -0.124. The molecule has 6 heteroatoms. The van der Waals surface area contributed by atoms with E-state index in [2.05, 4.69) is 24.3 Å². The van der Waals surface area contributed by atoms with Gasteiger partial charge >= 0.3 is 0 Å². The van der Waals surface area contributed by atoms with E-state index in [0.29, 0.717) is 11.4 Å². The summed E-state index contributed by atoms with van der Waals surface area (Å²) >= 11 is 0. The summed E-state index contributed by atoms with van der Waals surface area (Å²) in [5.74, 6) is -2.24. The van der Waals surface area contributed by atoms with Gasteiger partial charge in [0.25, 0.3) is 0 Å². The molecule has 4 atom stereocenters. The van der Waals surface area contributed by atoms with Gasteiger partial charge in [0.2, 0.25) is 23.6 Å². The Kier molecular flexibility index (Phi) is 4.47. The summed E-state index contributed by atoms with van der Waals surface area (Å²) in [7, 11) is 0. The number of benzene rings is 3. The molecule has 0 aromatic heterocycles. The SMILES string of the molecule is O=C1[C@H]2CCCC[C@H]2C(=O)N1c1ccc(N2C(=O)[C@H]3C4c5ccccc5C(c5ccccc54)[C@@H]3C2=O)cc1. The van der Waals surface area contributed by atoms with E-state index in [0.717, 1.165) is 47.9 Å². The fourth-order valence-electron chi connectivity index (χ4n) is 8.10. The van der Waals surface area contributed by atoms with Gasteiger partial charge in [0.15, 0.2) is 0 Å². The Morgan fingerprint density at radius 2 is 0.816 bits per heavy atom. The van der Waals surface area contributed by atoms with Crippen LogP contribution in [0.3, 0.4) is 0 Å². The van der Waals surface area contributed by atoms with Gasteiger partial charge in [-0.3, -0.25) is 24.1 Å². The van der Waals surface area contributed by atoms with Gasteiger partial charge in [-0.2, -0.15) is 0 Å². The molecule has 38 heavy (non-hydrogen) atoms.